The molecule has 0 aromatic rings. The Bertz CT molecular complexity index is 595. The molecule has 0 aromatic heterocycles. The van der Waals surface area contributed by atoms with E-state index < -0.39 is 17.9 Å². The van der Waals surface area contributed by atoms with Crippen molar-refractivity contribution in [3.8, 4) is 0 Å². The van der Waals surface area contributed by atoms with Gasteiger partial charge in [0.15, 0.2) is 0 Å². The van der Waals surface area contributed by atoms with Crippen LogP contribution >= 0.6 is 0 Å². The number of rotatable bonds is 7. The quantitative estimate of drug-likeness (QED) is 0.264. The molecule has 4 heteroatoms. The molecule has 3 saturated carbocycles. The van der Waals surface area contributed by atoms with E-state index in [9.17, 15) is 17.6 Å². The van der Waals surface area contributed by atoms with Crippen LogP contribution in [0.1, 0.15) is 104 Å². The highest BCUT2D eigenvalue weighted by molar-refractivity contribution is 5.05. The highest BCUT2D eigenvalue weighted by Crippen LogP contribution is 2.44. The molecule has 0 heterocycles. The summed E-state index contributed by atoms with van der Waals surface area (Å²) < 4.78 is 50.9. The van der Waals surface area contributed by atoms with Crippen LogP contribution in [0.25, 0.3) is 0 Å². The van der Waals surface area contributed by atoms with Gasteiger partial charge in [-0.1, -0.05) is 38.8 Å². The summed E-state index contributed by atoms with van der Waals surface area (Å²) in [6.45, 7) is 4.75. The number of allylic oxidation sites excluding steroid dienone is 4. The maximum atomic E-state index is 13.8. The lowest BCUT2D eigenvalue weighted by Crippen LogP contribution is -2.27. The van der Waals surface area contributed by atoms with Crippen molar-refractivity contribution in [3.05, 3.63) is 24.1 Å². The van der Waals surface area contributed by atoms with Crippen molar-refractivity contribution >= 4 is 0 Å². The van der Waals surface area contributed by atoms with Gasteiger partial charge in [-0.2, -0.15) is 13.2 Å². The highest BCUT2D eigenvalue weighted by atomic mass is 19.4. The molecule has 3 aliphatic rings. The Labute approximate surface area is 193 Å². The van der Waals surface area contributed by atoms with Gasteiger partial charge in [0.1, 0.15) is 5.83 Å². The molecule has 0 bridgehead atoms. The van der Waals surface area contributed by atoms with Crippen LogP contribution in [0, 0.1) is 41.4 Å². The minimum Gasteiger partial charge on any atom is -0.212 e. The van der Waals surface area contributed by atoms with Gasteiger partial charge in [-0.05, 0) is 113 Å². The minimum atomic E-state index is -4.55. The summed E-state index contributed by atoms with van der Waals surface area (Å²) in [5.74, 6) is 3.26. The lowest BCUT2D eigenvalue weighted by atomic mass is 9.67. The molecule has 0 amide bonds. The summed E-state index contributed by atoms with van der Waals surface area (Å²) in [7, 11) is 0. The van der Waals surface area contributed by atoms with E-state index >= 15 is 0 Å². The standard InChI is InChI=1S/C28H44F4/c1-3-4-20(2)23-15-17-25(18-16-23)24-11-7-21(8-12-24)5-6-22-9-13-26(14-10-22)27(29)19-28(30,31)32/h5-6,19-26H,3-4,7-18H2,1-2H3/b6-5+,27-19-. The van der Waals surface area contributed by atoms with Crippen molar-refractivity contribution in [1.29, 1.82) is 0 Å². The molecule has 0 N–H and O–H groups in total. The third kappa shape index (κ3) is 7.90. The second kappa shape index (κ2) is 12.1. The van der Waals surface area contributed by atoms with Crippen molar-refractivity contribution < 1.29 is 17.6 Å². The van der Waals surface area contributed by atoms with Gasteiger partial charge in [-0.25, -0.2) is 4.39 Å². The third-order valence-corrected chi connectivity index (χ3v) is 8.97. The topological polar surface area (TPSA) is 0 Å². The molecule has 1 unspecified atom stereocenters. The molecule has 3 rings (SSSR count). The van der Waals surface area contributed by atoms with Crippen molar-refractivity contribution in [2.24, 2.45) is 41.4 Å². The Morgan fingerprint density at radius 3 is 1.72 bits per heavy atom. The van der Waals surface area contributed by atoms with Crippen LogP contribution in [0.4, 0.5) is 17.6 Å². The summed E-state index contributed by atoms with van der Waals surface area (Å²) >= 11 is 0. The zero-order chi connectivity index (χ0) is 23.1. The smallest absolute Gasteiger partial charge is 0.212 e. The first-order valence-electron chi connectivity index (χ1n) is 13.4. The Morgan fingerprint density at radius 1 is 0.781 bits per heavy atom. The van der Waals surface area contributed by atoms with Crippen molar-refractivity contribution in [3.63, 3.8) is 0 Å². The summed E-state index contributed by atoms with van der Waals surface area (Å²) in [6, 6.07) is 0. The molecule has 184 valence electrons. The molecule has 0 aliphatic heterocycles. The lowest BCUT2D eigenvalue weighted by Gasteiger charge is -2.39. The molecular weight excluding hydrogens is 412 g/mol. The molecule has 32 heavy (non-hydrogen) atoms. The van der Waals surface area contributed by atoms with Gasteiger partial charge < -0.3 is 0 Å². The Balaban J connectivity index is 1.35. The maximum absolute atomic E-state index is 13.8. The van der Waals surface area contributed by atoms with Crippen LogP contribution < -0.4 is 0 Å². The fourth-order valence-corrected chi connectivity index (χ4v) is 6.86. The van der Waals surface area contributed by atoms with E-state index in [0.717, 1.165) is 36.5 Å². The highest BCUT2D eigenvalue weighted by Gasteiger charge is 2.32. The van der Waals surface area contributed by atoms with Crippen LogP contribution in [0.5, 0.6) is 0 Å². The van der Waals surface area contributed by atoms with E-state index in [4.69, 9.17) is 0 Å². The van der Waals surface area contributed by atoms with Gasteiger partial charge in [0.05, 0.1) is 6.08 Å². The summed E-state index contributed by atoms with van der Waals surface area (Å²) in [4.78, 5) is 0. The molecule has 0 radical (unpaired) electrons. The normalized spacial score (nSPS) is 36.4. The number of alkyl halides is 3. The van der Waals surface area contributed by atoms with Crippen molar-refractivity contribution in [2.75, 3.05) is 0 Å². The molecular formula is C28H44F4. The van der Waals surface area contributed by atoms with Gasteiger partial charge in [-0.15, -0.1) is 0 Å². The van der Waals surface area contributed by atoms with Crippen LogP contribution in [0.3, 0.4) is 0 Å². The monoisotopic (exact) mass is 456 g/mol. The zero-order valence-corrected chi connectivity index (χ0v) is 20.2. The Kier molecular flexibility index (Phi) is 9.73. The molecule has 3 aliphatic carbocycles. The van der Waals surface area contributed by atoms with Gasteiger partial charge in [0, 0.05) is 5.92 Å². The number of hydrogen-bond acceptors (Lipinski definition) is 0. The SMILES string of the molecule is CCCC(C)C1CCC(C2CCC(/C=C/C3CCC(/C(F)=C/C(F)(F)F)CC3)CC2)CC1. The summed E-state index contributed by atoms with van der Waals surface area (Å²) in [5.41, 5.74) is 0. The van der Waals surface area contributed by atoms with E-state index in [1.165, 1.54) is 64.2 Å². The second-order valence-corrected chi connectivity index (χ2v) is 11.2. The van der Waals surface area contributed by atoms with Gasteiger partial charge in [-0.3, -0.25) is 0 Å². The van der Waals surface area contributed by atoms with Crippen LogP contribution in [-0.4, -0.2) is 6.18 Å². The largest absolute Gasteiger partial charge is 0.412 e. The molecule has 0 saturated heterocycles. The minimum absolute atomic E-state index is 0.148. The van der Waals surface area contributed by atoms with E-state index in [1.807, 2.05) is 0 Å². The van der Waals surface area contributed by atoms with Crippen molar-refractivity contribution in [1.82, 2.24) is 0 Å². The molecule has 3 fully saturated rings. The van der Waals surface area contributed by atoms with E-state index in [2.05, 4.69) is 26.0 Å². The Hall–Kier alpha value is -0.800. The number of halogens is 4. The fraction of sp³-hybridized carbons (Fsp3) is 0.857. The van der Waals surface area contributed by atoms with Crippen molar-refractivity contribution in [2.45, 2.75) is 110 Å². The van der Waals surface area contributed by atoms with Gasteiger partial charge in [0.2, 0.25) is 0 Å². The molecule has 0 aromatic carbocycles. The average Bonchev–Trinajstić information content (AvgIpc) is 2.77. The first-order valence-corrected chi connectivity index (χ1v) is 13.4. The van der Waals surface area contributed by atoms with Crippen LogP contribution in [0.2, 0.25) is 0 Å². The molecule has 0 nitrogen and oxygen atoms in total. The predicted octanol–water partition coefficient (Wildman–Crippen LogP) is 9.81. The third-order valence-electron chi connectivity index (χ3n) is 8.97. The Morgan fingerprint density at radius 2 is 1.25 bits per heavy atom. The first kappa shape index (κ1) is 25.8. The first-order chi connectivity index (χ1) is 15.2. The molecule has 0 spiro atoms. The molecule has 1 atom stereocenters. The van der Waals surface area contributed by atoms with E-state index in [0.29, 0.717) is 24.7 Å². The lowest BCUT2D eigenvalue weighted by molar-refractivity contribution is -0.0820. The summed E-state index contributed by atoms with van der Waals surface area (Å²) in [5, 5.41) is 0. The van der Waals surface area contributed by atoms with Crippen LogP contribution in [0.15, 0.2) is 24.1 Å². The van der Waals surface area contributed by atoms with Crippen LogP contribution in [-0.2, 0) is 0 Å². The van der Waals surface area contributed by atoms with Gasteiger partial charge >= 0.3 is 6.18 Å². The summed E-state index contributed by atoms with van der Waals surface area (Å²) in [6.07, 6.45) is 16.4. The second-order valence-electron chi connectivity index (χ2n) is 11.2. The average molecular weight is 457 g/mol. The number of hydrogen-bond donors (Lipinski definition) is 0. The van der Waals surface area contributed by atoms with E-state index in [1.54, 1.807) is 0 Å². The maximum Gasteiger partial charge on any atom is 0.412 e. The van der Waals surface area contributed by atoms with E-state index in [-0.39, 0.29) is 6.08 Å². The zero-order valence-electron chi connectivity index (χ0n) is 20.2. The predicted molar refractivity (Wildman–Crippen MR) is 125 cm³/mol. The fourth-order valence-electron chi connectivity index (χ4n) is 6.86. The van der Waals surface area contributed by atoms with Gasteiger partial charge in [0.25, 0.3) is 0 Å².